The van der Waals surface area contributed by atoms with Gasteiger partial charge >= 0.3 is 0 Å². The molecule has 2 N–H and O–H groups in total. The first-order chi connectivity index (χ1) is 22.1. The number of hydrogen-bond donors (Lipinski definition) is 2. The summed E-state index contributed by atoms with van der Waals surface area (Å²) in [6, 6.07) is 23.2. The van der Waals surface area contributed by atoms with Crippen LogP contribution in [0.1, 0.15) is 74.1 Å². The summed E-state index contributed by atoms with van der Waals surface area (Å²) in [6.45, 7) is 7.01. The highest BCUT2D eigenvalue weighted by atomic mass is 35.5. The molecule has 7 nitrogen and oxygen atoms in total. The molecule has 0 aromatic heterocycles. The van der Waals surface area contributed by atoms with Gasteiger partial charge in [0, 0.05) is 47.7 Å². The molecule has 3 aromatic rings. The minimum Gasteiger partial charge on any atom is -0.343 e. The van der Waals surface area contributed by atoms with E-state index in [0.717, 1.165) is 47.2 Å². The number of para-hydroxylation sites is 1. The van der Waals surface area contributed by atoms with E-state index in [-0.39, 0.29) is 29.7 Å². The highest BCUT2D eigenvalue weighted by molar-refractivity contribution is 6.31. The molecule has 46 heavy (non-hydrogen) atoms. The van der Waals surface area contributed by atoms with Gasteiger partial charge < -0.3 is 20.4 Å². The SMILES string of the molecule is CN[C@@H]1CC[C@H](C(=O)N[C@H](C(=O)N2CCC(N3C(=O)C(C)(C)c4ccccc43)CC2)C(c2ccccc2C)c2ccccc2Cl)C1. The monoisotopic (exact) mass is 640 g/mol. The first kappa shape index (κ1) is 32.3. The summed E-state index contributed by atoms with van der Waals surface area (Å²) in [4.78, 5) is 46.1. The zero-order valence-corrected chi connectivity index (χ0v) is 28.0. The maximum Gasteiger partial charge on any atom is 0.246 e. The number of rotatable bonds is 8. The third kappa shape index (κ3) is 5.95. The van der Waals surface area contributed by atoms with Crippen LogP contribution in [0.3, 0.4) is 0 Å². The van der Waals surface area contributed by atoms with Crippen LogP contribution >= 0.6 is 11.6 Å². The molecule has 2 fully saturated rings. The van der Waals surface area contributed by atoms with Crippen molar-refractivity contribution in [2.45, 2.75) is 82.3 Å². The number of amides is 3. The number of likely N-dealkylation sites (tertiary alicyclic amines) is 1. The van der Waals surface area contributed by atoms with E-state index in [1.807, 2.05) is 110 Å². The minimum absolute atomic E-state index is 0.000199. The van der Waals surface area contributed by atoms with E-state index in [1.54, 1.807) is 0 Å². The molecule has 2 aliphatic heterocycles. The summed E-state index contributed by atoms with van der Waals surface area (Å²) in [5, 5.41) is 7.14. The van der Waals surface area contributed by atoms with Crippen molar-refractivity contribution in [3.8, 4) is 0 Å². The summed E-state index contributed by atoms with van der Waals surface area (Å²) in [5.74, 6) is -0.724. The maximum atomic E-state index is 14.7. The Hall–Kier alpha value is -3.68. The summed E-state index contributed by atoms with van der Waals surface area (Å²) in [6.07, 6.45) is 3.79. The fraction of sp³-hybridized carbons (Fsp3) is 0.447. The van der Waals surface area contributed by atoms with Crippen molar-refractivity contribution >= 4 is 35.0 Å². The highest BCUT2D eigenvalue weighted by Gasteiger charge is 2.47. The lowest BCUT2D eigenvalue weighted by atomic mass is 9.81. The fourth-order valence-corrected chi connectivity index (χ4v) is 8.13. The van der Waals surface area contributed by atoms with Crippen molar-refractivity contribution in [3.05, 3.63) is 100 Å². The fourth-order valence-electron chi connectivity index (χ4n) is 7.87. The van der Waals surface area contributed by atoms with Gasteiger partial charge in [0.05, 0.1) is 5.41 Å². The quantitative estimate of drug-likeness (QED) is 0.318. The van der Waals surface area contributed by atoms with E-state index in [4.69, 9.17) is 11.6 Å². The van der Waals surface area contributed by atoms with E-state index in [2.05, 4.69) is 10.6 Å². The standard InChI is InChI=1S/C38H45ClN4O3/c1-24-11-5-6-12-28(24)33(29-13-7-9-15-31(29)39)34(41-35(44)25-17-18-26(23-25)40-4)36(45)42-21-19-27(20-22-42)43-32-16-10-8-14-30(32)38(2,3)37(43)46/h5-16,25-27,33-34,40H,17-23H2,1-4H3,(H,41,44)/t25-,26+,33?,34-/m0/s1. The Kier molecular flexibility index (Phi) is 9.26. The van der Waals surface area contributed by atoms with Gasteiger partial charge in [-0.05, 0) is 94.3 Å². The first-order valence-corrected chi connectivity index (χ1v) is 17.0. The third-order valence-electron chi connectivity index (χ3n) is 10.6. The number of nitrogens with zero attached hydrogens (tertiary/aromatic N) is 2. The largest absolute Gasteiger partial charge is 0.343 e. The molecule has 3 amide bonds. The van der Waals surface area contributed by atoms with E-state index in [9.17, 15) is 14.4 Å². The molecule has 3 aromatic carbocycles. The van der Waals surface area contributed by atoms with Gasteiger partial charge in [0.15, 0.2) is 0 Å². The van der Waals surface area contributed by atoms with Crippen LogP contribution in [0, 0.1) is 12.8 Å². The molecule has 6 rings (SSSR count). The first-order valence-electron chi connectivity index (χ1n) is 16.6. The molecule has 1 unspecified atom stereocenters. The van der Waals surface area contributed by atoms with E-state index in [1.165, 1.54) is 0 Å². The Morgan fingerprint density at radius 2 is 1.54 bits per heavy atom. The Morgan fingerprint density at radius 1 is 0.891 bits per heavy atom. The highest BCUT2D eigenvalue weighted by Crippen LogP contribution is 2.44. The van der Waals surface area contributed by atoms with Crippen LogP contribution in [0.15, 0.2) is 72.8 Å². The topological polar surface area (TPSA) is 81.8 Å². The lowest BCUT2D eigenvalue weighted by Gasteiger charge is -2.40. The number of halogens is 1. The van der Waals surface area contributed by atoms with Crippen LogP contribution < -0.4 is 15.5 Å². The van der Waals surface area contributed by atoms with Gasteiger partial charge in [0.1, 0.15) is 6.04 Å². The summed E-state index contributed by atoms with van der Waals surface area (Å²) < 4.78 is 0. The van der Waals surface area contributed by atoms with Crippen LogP contribution in [0.25, 0.3) is 0 Å². The van der Waals surface area contributed by atoms with Gasteiger partial charge in [-0.25, -0.2) is 0 Å². The van der Waals surface area contributed by atoms with E-state index in [0.29, 0.717) is 37.0 Å². The molecule has 1 saturated heterocycles. The Balaban J connectivity index is 1.30. The van der Waals surface area contributed by atoms with Crippen molar-refractivity contribution < 1.29 is 14.4 Å². The number of aryl methyl sites for hydroxylation is 1. The van der Waals surface area contributed by atoms with Gasteiger partial charge in [-0.15, -0.1) is 0 Å². The molecular weight excluding hydrogens is 596 g/mol. The molecular formula is C38H45ClN4O3. The van der Waals surface area contributed by atoms with Crippen molar-refractivity contribution in [2.24, 2.45) is 5.92 Å². The number of piperidine rings is 1. The second kappa shape index (κ2) is 13.2. The minimum atomic E-state index is -0.841. The molecule has 0 spiro atoms. The lowest BCUT2D eigenvalue weighted by Crippen LogP contribution is -2.56. The van der Waals surface area contributed by atoms with Crippen LogP contribution in [0.5, 0.6) is 0 Å². The van der Waals surface area contributed by atoms with Gasteiger partial charge in [-0.3, -0.25) is 14.4 Å². The summed E-state index contributed by atoms with van der Waals surface area (Å²) in [5.41, 5.74) is 4.25. The van der Waals surface area contributed by atoms with E-state index < -0.39 is 17.4 Å². The molecule has 0 bridgehead atoms. The molecule has 0 radical (unpaired) electrons. The zero-order chi connectivity index (χ0) is 32.6. The van der Waals surface area contributed by atoms with Crippen LogP contribution in [0.2, 0.25) is 5.02 Å². The molecule has 1 aliphatic carbocycles. The van der Waals surface area contributed by atoms with Crippen LogP contribution in [-0.4, -0.2) is 60.9 Å². The average Bonchev–Trinajstić information content (AvgIpc) is 3.63. The molecule has 242 valence electrons. The van der Waals surface area contributed by atoms with Crippen molar-refractivity contribution in [3.63, 3.8) is 0 Å². The van der Waals surface area contributed by atoms with Crippen LogP contribution in [0.4, 0.5) is 5.69 Å². The Labute approximate surface area is 277 Å². The summed E-state index contributed by atoms with van der Waals surface area (Å²) >= 11 is 6.84. The van der Waals surface area contributed by atoms with Gasteiger partial charge in [-0.2, -0.15) is 0 Å². The molecule has 3 aliphatic rings. The molecule has 8 heteroatoms. The van der Waals surface area contributed by atoms with Gasteiger partial charge in [-0.1, -0.05) is 72.3 Å². The Morgan fingerprint density at radius 3 is 2.22 bits per heavy atom. The van der Waals surface area contributed by atoms with Crippen molar-refractivity contribution in [2.75, 3.05) is 25.0 Å². The second-order valence-corrected chi connectivity index (χ2v) is 14.1. The number of carbonyl (C=O) groups is 3. The Bertz CT molecular complexity index is 1570. The number of benzene rings is 3. The van der Waals surface area contributed by atoms with Crippen molar-refractivity contribution in [1.29, 1.82) is 0 Å². The predicted molar refractivity (Wildman–Crippen MR) is 183 cm³/mol. The normalized spacial score (nSPS) is 22.4. The number of fused-ring (bicyclic) bond motifs is 1. The molecule has 1 saturated carbocycles. The van der Waals surface area contributed by atoms with E-state index >= 15 is 0 Å². The van der Waals surface area contributed by atoms with Gasteiger partial charge in [0.25, 0.3) is 0 Å². The smallest absolute Gasteiger partial charge is 0.246 e. The lowest BCUT2D eigenvalue weighted by molar-refractivity contribution is -0.138. The number of carbonyl (C=O) groups excluding carboxylic acids is 3. The second-order valence-electron chi connectivity index (χ2n) is 13.7. The number of hydrogen-bond acceptors (Lipinski definition) is 4. The molecule has 2 heterocycles. The zero-order valence-electron chi connectivity index (χ0n) is 27.3. The predicted octanol–water partition coefficient (Wildman–Crippen LogP) is 5.97. The average molecular weight is 641 g/mol. The van der Waals surface area contributed by atoms with Crippen molar-refractivity contribution in [1.82, 2.24) is 15.5 Å². The number of anilines is 1. The number of nitrogens with one attached hydrogen (secondary N) is 2. The molecule has 4 atom stereocenters. The summed E-state index contributed by atoms with van der Waals surface area (Å²) in [7, 11) is 1.93. The third-order valence-corrected chi connectivity index (χ3v) is 10.9. The van der Waals surface area contributed by atoms with Gasteiger partial charge in [0.2, 0.25) is 17.7 Å². The maximum absolute atomic E-state index is 14.7. The van der Waals surface area contributed by atoms with Crippen LogP contribution in [-0.2, 0) is 19.8 Å².